The number of unbranched alkanes of at least 4 members (excludes halogenated alkanes) is 1. The molecule has 2 atom stereocenters. The zero-order valence-electron chi connectivity index (χ0n) is 13.7. The van der Waals surface area contributed by atoms with E-state index in [1.54, 1.807) is 0 Å². The highest BCUT2D eigenvalue weighted by Crippen LogP contribution is 2.45. The van der Waals surface area contributed by atoms with Gasteiger partial charge in [-0.3, -0.25) is 0 Å². The van der Waals surface area contributed by atoms with Crippen LogP contribution in [0.5, 0.6) is 11.5 Å². The van der Waals surface area contributed by atoms with E-state index in [4.69, 9.17) is 9.47 Å². The van der Waals surface area contributed by atoms with Crippen molar-refractivity contribution in [3.05, 3.63) is 23.3 Å². The summed E-state index contributed by atoms with van der Waals surface area (Å²) in [4.78, 5) is 0. The van der Waals surface area contributed by atoms with Gasteiger partial charge in [-0.15, -0.1) is 0 Å². The van der Waals surface area contributed by atoms with Gasteiger partial charge in [0.05, 0.1) is 0 Å². The molecule has 2 aliphatic heterocycles. The Hall–Kier alpha value is -1.22. The van der Waals surface area contributed by atoms with Gasteiger partial charge in [0, 0.05) is 12.1 Å². The Morgan fingerprint density at radius 1 is 1.24 bits per heavy atom. The maximum Gasteiger partial charge on any atom is 0.231 e. The van der Waals surface area contributed by atoms with Gasteiger partial charge < -0.3 is 14.8 Å². The standard InChI is InChI=1S/C18H27NO2/c1-5-6-7-18(3,4)17-14-10-16-15(20-11-21-16)9-13(14)8-12(2)19-17/h9-10,12,17,19H,5-8,11H2,1-4H3. The molecule has 2 unspecified atom stereocenters. The second kappa shape index (κ2) is 5.53. The molecule has 0 amide bonds. The monoisotopic (exact) mass is 289 g/mol. The van der Waals surface area contributed by atoms with Gasteiger partial charge in [0.1, 0.15) is 0 Å². The summed E-state index contributed by atoms with van der Waals surface area (Å²) in [6.07, 6.45) is 4.83. The molecule has 1 aromatic carbocycles. The predicted molar refractivity (Wildman–Crippen MR) is 84.9 cm³/mol. The molecular weight excluding hydrogens is 262 g/mol. The van der Waals surface area contributed by atoms with Gasteiger partial charge in [-0.05, 0) is 48.4 Å². The summed E-state index contributed by atoms with van der Waals surface area (Å²) in [5, 5.41) is 3.82. The van der Waals surface area contributed by atoms with Crippen LogP contribution in [0.1, 0.15) is 64.1 Å². The first-order chi connectivity index (χ1) is 10.0. The quantitative estimate of drug-likeness (QED) is 0.900. The van der Waals surface area contributed by atoms with Crippen LogP contribution in [0.25, 0.3) is 0 Å². The first-order valence-electron chi connectivity index (χ1n) is 8.19. The summed E-state index contributed by atoms with van der Waals surface area (Å²) in [7, 11) is 0. The van der Waals surface area contributed by atoms with Crippen LogP contribution in [0.3, 0.4) is 0 Å². The Labute approximate surface area is 128 Å². The molecule has 3 heteroatoms. The van der Waals surface area contributed by atoms with Crippen LogP contribution in [-0.4, -0.2) is 12.8 Å². The highest BCUT2D eigenvalue weighted by atomic mass is 16.7. The average molecular weight is 289 g/mol. The van der Waals surface area contributed by atoms with E-state index in [1.807, 2.05) is 0 Å². The van der Waals surface area contributed by atoms with Crippen LogP contribution in [0, 0.1) is 5.41 Å². The molecule has 1 aromatic rings. The molecule has 116 valence electrons. The third-order valence-corrected chi connectivity index (χ3v) is 4.88. The molecule has 0 saturated carbocycles. The minimum absolute atomic E-state index is 0.243. The maximum atomic E-state index is 5.58. The van der Waals surface area contributed by atoms with Crippen molar-refractivity contribution in [1.29, 1.82) is 0 Å². The number of hydrogen-bond acceptors (Lipinski definition) is 3. The molecule has 0 spiro atoms. The highest BCUT2D eigenvalue weighted by Gasteiger charge is 2.36. The number of fused-ring (bicyclic) bond motifs is 2. The minimum atomic E-state index is 0.243. The molecule has 2 aliphatic rings. The lowest BCUT2D eigenvalue weighted by atomic mass is 9.73. The lowest BCUT2D eigenvalue weighted by Gasteiger charge is -2.42. The molecule has 3 nitrogen and oxygen atoms in total. The highest BCUT2D eigenvalue weighted by molar-refractivity contribution is 5.51. The number of hydrogen-bond donors (Lipinski definition) is 1. The smallest absolute Gasteiger partial charge is 0.231 e. The average Bonchev–Trinajstić information content (AvgIpc) is 2.89. The van der Waals surface area contributed by atoms with Gasteiger partial charge in [-0.2, -0.15) is 0 Å². The van der Waals surface area contributed by atoms with Crippen LogP contribution in [0.2, 0.25) is 0 Å². The summed E-state index contributed by atoms with van der Waals surface area (Å²) >= 11 is 0. The summed E-state index contributed by atoms with van der Waals surface area (Å²) in [5.74, 6) is 1.81. The van der Waals surface area contributed by atoms with Gasteiger partial charge >= 0.3 is 0 Å². The Bertz CT molecular complexity index is 524. The first kappa shape index (κ1) is 14.7. The molecule has 0 radical (unpaired) electrons. The SMILES string of the molecule is CCCCC(C)(C)C1NC(C)Cc2cc3c(cc21)OCO3. The molecule has 0 bridgehead atoms. The van der Waals surface area contributed by atoms with Gasteiger partial charge in [-0.25, -0.2) is 0 Å². The Morgan fingerprint density at radius 3 is 2.67 bits per heavy atom. The van der Waals surface area contributed by atoms with Gasteiger partial charge in [0.25, 0.3) is 0 Å². The summed E-state index contributed by atoms with van der Waals surface area (Å²) in [6.45, 7) is 9.65. The predicted octanol–water partition coefficient (Wildman–Crippen LogP) is 4.21. The van der Waals surface area contributed by atoms with Crippen molar-refractivity contribution >= 4 is 0 Å². The van der Waals surface area contributed by atoms with Crippen molar-refractivity contribution < 1.29 is 9.47 Å². The second-order valence-electron chi connectivity index (χ2n) is 7.20. The van der Waals surface area contributed by atoms with E-state index in [1.165, 1.54) is 30.4 Å². The number of nitrogens with one attached hydrogen (secondary N) is 1. The van der Waals surface area contributed by atoms with Crippen molar-refractivity contribution in [3.8, 4) is 11.5 Å². The van der Waals surface area contributed by atoms with Crippen LogP contribution >= 0.6 is 0 Å². The fourth-order valence-corrected chi connectivity index (χ4v) is 3.63. The molecular formula is C18H27NO2. The van der Waals surface area contributed by atoms with E-state index in [9.17, 15) is 0 Å². The molecule has 0 fully saturated rings. The third-order valence-electron chi connectivity index (χ3n) is 4.88. The third kappa shape index (κ3) is 2.76. The molecule has 21 heavy (non-hydrogen) atoms. The normalized spacial score (nSPS) is 24.0. The Balaban J connectivity index is 1.97. The van der Waals surface area contributed by atoms with E-state index >= 15 is 0 Å². The molecule has 3 rings (SSSR count). The second-order valence-corrected chi connectivity index (χ2v) is 7.20. The van der Waals surface area contributed by atoms with Crippen molar-refractivity contribution in [3.63, 3.8) is 0 Å². The van der Waals surface area contributed by atoms with Crippen molar-refractivity contribution in [2.45, 2.75) is 65.5 Å². The van der Waals surface area contributed by atoms with Crippen LogP contribution < -0.4 is 14.8 Å². The van der Waals surface area contributed by atoms with Gasteiger partial charge in [0.15, 0.2) is 11.5 Å². The van der Waals surface area contributed by atoms with E-state index < -0.39 is 0 Å². The summed E-state index contributed by atoms with van der Waals surface area (Å²) < 4.78 is 11.1. The minimum Gasteiger partial charge on any atom is -0.454 e. The largest absolute Gasteiger partial charge is 0.454 e. The number of rotatable bonds is 4. The van der Waals surface area contributed by atoms with Crippen molar-refractivity contribution in [2.75, 3.05) is 6.79 Å². The Kier molecular flexibility index (Phi) is 3.87. The van der Waals surface area contributed by atoms with E-state index in [0.29, 0.717) is 18.9 Å². The topological polar surface area (TPSA) is 30.5 Å². The van der Waals surface area contributed by atoms with Gasteiger partial charge in [0.2, 0.25) is 6.79 Å². The van der Waals surface area contributed by atoms with Crippen LogP contribution in [-0.2, 0) is 6.42 Å². The lowest BCUT2D eigenvalue weighted by Crippen LogP contribution is -2.44. The van der Waals surface area contributed by atoms with Crippen molar-refractivity contribution in [1.82, 2.24) is 5.32 Å². The molecule has 2 heterocycles. The fraction of sp³-hybridized carbons (Fsp3) is 0.667. The van der Waals surface area contributed by atoms with E-state index in [-0.39, 0.29) is 5.41 Å². The molecule has 0 saturated heterocycles. The first-order valence-corrected chi connectivity index (χ1v) is 8.19. The number of benzene rings is 1. The van der Waals surface area contributed by atoms with Crippen LogP contribution in [0.4, 0.5) is 0 Å². The molecule has 0 aliphatic carbocycles. The van der Waals surface area contributed by atoms with Crippen molar-refractivity contribution in [2.24, 2.45) is 5.41 Å². The zero-order chi connectivity index (χ0) is 15.0. The van der Waals surface area contributed by atoms with E-state index in [2.05, 4.69) is 45.1 Å². The van der Waals surface area contributed by atoms with Gasteiger partial charge in [-0.1, -0.05) is 33.6 Å². The van der Waals surface area contributed by atoms with Crippen LogP contribution in [0.15, 0.2) is 12.1 Å². The molecule has 0 aromatic heterocycles. The summed E-state index contributed by atoms with van der Waals surface area (Å²) in [6, 6.07) is 5.29. The maximum absolute atomic E-state index is 5.58. The Morgan fingerprint density at radius 2 is 1.95 bits per heavy atom. The molecule has 1 N–H and O–H groups in total. The lowest BCUT2D eigenvalue weighted by molar-refractivity contribution is 0.173. The number of ether oxygens (including phenoxy) is 2. The fourth-order valence-electron chi connectivity index (χ4n) is 3.63. The van der Waals surface area contributed by atoms with E-state index in [0.717, 1.165) is 17.9 Å². The zero-order valence-corrected chi connectivity index (χ0v) is 13.7. The summed E-state index contributed by atoms with van der Waals surface area (Å²) in [5.41, 5.74) is 3.06.